The van der Waals surface area contributed by atoms with E-state index in [1.807, 2.05) is 30.3 Å². The van der Waals surface area contributed by atoms with E-state index in [1.165, 1.54) is 0 Å². The molecule has 0 spiro atoms. The number of hydrogen-bond acceptors (Lipinski definition) is 3. The van der Waals surface area contributed by atoms with Gasteiger partial charge in [-0.2, -0.15) is 5.10 Å². The lowest BCUT2D eigenvalue weighted by Crippen LogP contribution is -2.15. The molecule has 4 rings (SSSR count). The van der Waals surface area contributed by atoms with Crippen molar-refractivity contribution < 1.29 is 0 Å². The summed E-state index contributed by atoms with van der Waals surface area (Å²) in [5.74, 6) is 5.74. The second kappa shape index (κ2) is 6.79. The Morgan fingerprint density at radius 1 is 0.680 bits per heavy atom. The third-order valence-corrected chi connectivity index (χ3v) is 5.14. The molecule has 0 saturated carbocycles. The molecule has 4 aromatic rings. The van der Waals surface area contributed by atoms with Crippen LogP contribution in [0.15, 0.2) is 96.1 Å². The Bertz CT molecular complexity index is 1030. The average molecular weight is 343 g/mol. The van der Waals surface area contributed by atoms with Crippen molar-refractivity contribution in [1.82, 2.24) is 4.57 Å². The van der Waals surface area contributed by atoms with Crippen LogP contribution in [0, 0.1) is 0 Å². The Kier molecular flexibility index (Phi) is 4.19. The van der Waals surface area contributed by atoms with Crippen molar-refractivity contribution >= 4 is 11.3 Å². The number of hydrogen-bond donors (Lipinski definition) is 1. The largest absolute Gasteiger partial charge is 0.320 e. The smallest absolute Gasteiger partial charge is 0.213 e. The molecule has 0 fully saturated rings. The number of nitrogens with two attached hydrogens (primary N) is 1. The topological polar surface area (TPSA) is 43.3 Å². The van der Waals surface area contributed by atoms with Crippen molar-refractivity contribution in [3.8, 4) is 27.4 Å². The van der Waals surface area contributed by atoms with Crippen LogP contribution in [0.5, 0.6) is 0 Å². The van der Waals surface area contributed by atoms with Crippen molar-refractivity contribution in [2.45, 2.75) is 0 Å². The predicted molar refractivity (Wildman–Crippen MR) is 104 cm³/mol. The fourth-order valence-electron chi connectivity index (χ4n) is 2.92. The highest BCUT2D eigenvalue weighted by atomic mass is 32.1. The lowest BCUT2D eigenvalue weighted by atomic mass is 10.1. The van der Waals surface area contributed by atoms with E-state index in [2.05, 4.69) is 70.3 Å². The summed E-state index contributed by atoms with van der Waals surface area (Å²) >= 11 is 1.60. The summed E-state index contributed by atoms with van der Waals surface area (Å²) in [6.07, 6.45) is 0. The molecule has 0 atom stereocenters. The van der Waals surface area contributed by atoms with Crippen molar-refractivity contribution in [1.29, 1.82) is 0 Å². The molecule has 4 heteroatoms. The van der Waals surface area contributed by atoms with Crippen LogP contribution in [0.25, 0.3) is 27.4 Å². The van der Waals surface area contributed by atoms with Crippen molar-refractivity contribution in [2.24, 2.45) is 10.9 Å². The van der Waals surface area contributed by atoms with E-state index in [-0.39, 0.29) is 0 Å². The van der Waals surface area contributed by atoms with Crippen LogP contribution in [-0.4, -0.2) is 4.57 Å². The minimum atomic E-state index is 0.768. The molecule has 0 bridgehead atoms. The van der Waals surface area contributed by atoms with Crippen LogP contribution in [0.3, 0.4) is 0 Å². The summed E-state index contributed by atoms with van der Waals surface area (Å²) in [4.78, 5) is 1.92. The van der Waals surface area contributed by atoms with Crippen molar-refractivity contribution in [2.75, 3.05) is 0 Å². The van der Waals surface area contributed by atoms with Gasteiger partial charge in [0.1, 0.15) is 0 Å². The van der Waals surface area contributed by atoms with Crippen LogP contribution in [0.1, 0.15) is 0 Å². The quantitative estimate of drug-likeness (QED) is 0.427. The molecule has 2 N–H and O–H groups in total. The first kappa shape index (κ1) is 15.4. The maximum atomic E-state index is 5.74. The summed E-state index contributed by atoms with van der Waals surface area (Å²) in [6.45, 7) is 0. The van der Waals surface area contributed by atoms with Crippen LogP contribution in [0.4, 0.5) is 0 Å². The van der Waals surface area contributed by atoms with Gasteiger partial charge in [-0.15, -0.1) is 0 Å². The van der Waals surface area contributed by atoms with Crippen LogP contribution >= 0.6 is 11.3 Å². The van der Waals surface area contributed by atoms with Crippen molar-refractivity contribution in [3.63, 3.8) is 0 Å². The van der Waals surface area contributed by atoms with Gasteiger partial charge in [-0.25, -0.2) is 0 Å². The van der Waals surface area contributed by atoms with E-state index in [0.29, 0.717) is 0 Å². The number of para-hydroxylation sites is 1. The molecule has 0 amide bonds. The van der Waals surface area contributed by atoms with E-state index in [0.717, 1.165) is 32.2 Å². The molecule has 3 aromatic carbocycles. The molecule has 3 nitrogen and oxygen atoms in total. The second-order valence-electron chi connectivity index (χ2n) is 5.59. The summed E-state index contributed by atoms with van der Waals surface area (Å²) in [5, 5.41) is 4.06. The molecular formula is C21H17N3S. The highest BCUT2D eigenvalue weighted by Gasteiger charge is 2.18. The van der Waals surface area contributed by atoms with Gasteiger partial charge in [0.2, 0.25) is 4.80 Å². The number of aromatic nitrogens is 1. The van der Waals surface area contributed by atoms with Gasteiger partial charge >= 0.3 is 0 Å². The van der Waals surface area contributed by atoms with E-state index < -0.39 is 0 Å². The number of nitrogens with zero attached hydrogens (tertiary/aromatic N) is 2. The fourth-order valence-corrected chi connectivity index (χ4v) is 4.01. The first-order valence-corrected chi connectivity index (χ1v) is 8.86. The number of thiazole rings is 1. The Balaban J connectivity index is 2.09. The van der Waals surface area contributed by atoms with E-state index >= 15 is 0 Å². The Labute approximate surface area is 150 Å². The van der Waals surface area contributed by atoms with Crippen LogP contribution < -0.4 is 10.6 Å². The molecule has 1 heterocycles. The first-order chi connectivity index (χ1) is 12.4. The zero-order valence-electron chi connectivity index (χ0n) is 13.5. The molecule has 1 aromatic heterocycles. The zero-order chi connectivity index (χ0) is 17.1. The Morgan fingerprint density at radius 2 is 1.20 bits per heavy atom. The van der Waals surface area contributed by atoms with Gasteiger partial charge in [-0.3, -0.25) is 4.57 Å². The highest BCUT2D eigenvalue weighted by molar-refractivity contribution is 7.13. The van der Waals surface area contributed by atoms with Crippen LogP contribution in [0.2, 0.25) is 0 Å². The van der Waals surface area contributed by atoms with Crippen molar-refractivity contribution in [3.05, 3.63) is 95.8 Å². The molecule has 25 heavy (non-hydrogen) atoms. The van der Waals surface area contributed by atoms with Gasteiger partial charge in [0.25, 0.3) is 0 Å². The molecule has 0 aliphatic carbocycles. The zero-order valence-corrected chi connectivity index (χ0v) is 14.4. The molecule has 0 aliphatic rings. The Hall–Kier alpha value is -3.11. The lowest BCUT2D eigenvalue weighted by Gasteiger charge is -2.11. The summed E-state index contributed by atoms with van der Waals surface area (Å²) < 4.78 is 2.13. The molecule has 0 unspecified atom stereocenters. The number of benzene rings is 3. The van der Waals surface area contributed by atoms with Gasteiger partial charge in [0.05, 0.1) is 10.6 Å². The molecule has 0 aliphatic heterocycles. The standard InChI is InChI=1S/C21H17N3S/c22-23-21-24(18-14-8-3-9-15-18)19(16-10-4-1-5-11-16)20(25-21)17-12-6-2-7-13-17/h1-15H,22H2/b23-21-. The highest BCUT2D eigenvalue weighted by Crippen LogP contribution is 2.36. The van der Waals surface area contributed by atoms with Gasteiger partial charge in [0, 0.05) is 11.3 Å². The Morgan fingerprint density at radius 3 is 1.76 bits per heavy atom. The van der Waals surface area contributed by atoms with Gasteiger partial charge in [0.15, 0.2) is 0 Å². The maximum absolute atomic E-state index is 5.74. The SMILES string of the molecule is N/N=c1\sc(-c2ccccc2)c(-c2ccccc2)n1-c1ccccc1. The molecule has 0 radical (unpaired) electrons. The van der Waals surface area contributed by atoms with E-state index in [4.69, 9.17) is 5.84 Å². The molecular weight excluding hydrogens is 326 g/mol. The summed E-state index contributed by atoms with van der Waals surface area (Å²) in [7, 11) is 0. The minimum absolute atomic E-state index is 0.768. The van der Waals surface area contributed by atoms with E-state index in [1.54, 1.807) is 11.3 Å². The lowest BCUT2D eigenvalue weighted by molar-refractivity contribution is 0.971. The number of rotatable bonds is 3. The second-order valence-corrected chi connectivity index (χ2v) is 6.57. The van der Waals surface area contributed by atoms with Gasteiger partial charge in [-0.1, -0.05) is 90.2 Å². The third kappa shape index (κ3) is 2.88. The monoisotopic (exact) mass is 343 g/mol. The normalized spacial score (nSPS) is 11.6. The first-order valence-electron chi connectivity index (χ1n) is 8.04. The summed E-state index contributed by atoms with van der Waals surface area (Å²) in [5.41, 5.74) is 4.44. The molecule has 0 saturated heterocycles. The average Bonchev–Trinajstić information content (AvgIpc) is 3.10. The van der Waals surface area contributed by atoms with Gasteiger partial charge < -0.3 is 5.84 Å². The van der Waals surface area contributed by atoms with Gasteiger partial charge in [-0.05, 0) is 17.7 Å². The maximum Gasteiger partial charge on any atom is 0.213 e. The molecule has 122 valence electrons. The van der Waals surface area contributed by atoms with E-state index in [9.17, 15) is 0 Å². The van der Waals surface area contributed by atoms with Crippen LogP contribution in [-0.2, 0) is 0 Å². The minimum Gasteiger partial charge on any atom is -0.320 e. The fraction of sp³-hybridized carbons (Fsp3) is 0. The summed E-state index contributed by atoms with van der Waals surface area (Å²) in [6, 6.07) is 30.9. The third-order valence-electron chi connectivity index (χ3n) is 4.03. The predicted octanol–water partition coefficient (Wildman–Crippen LogP) is 4.65.